The Kier molecular flexibility index (Phi) is 7.44. The molecule has 2 atom stereocenters. The highest BCUT2D eigenvalue weighted by molar-refractivity contribution is 5.94. The largest absolute Gasteiger partial charge is 0.466 e. The van der Waals surface area contributed by atoms with Gasteiger partial charge in [0.2, 0.25) is 0 Å². The Hall–Kier alpha value is -2.09. The van der Waals surface area contributed by atoms with Crippen LogP contribution in [0, 0.1) is 5.92 Å². The van der Waals surface area contributed by atoms with E-state index in [1.165, 1.54) is 0 Å². The van der Waals surface area contributed by atoms with Crippen molar-refractivity contribution in [1.82, 2.24) is 15.5 Å². The van der Waals surface area contributed by atoms with Crippen LogP contribution in [0.5, 0.6) is 0 Å². The number of carbonyl (C=O) groups excluding carboxylic acids is 3. The highest BCUT2D eigenvalue weighted by atomic mass is 16.5. The lowest BCUT2D eigenvalue weighted by molar-refractivity contribution is -0.150. The maximum Gasteiger partial charge on any atom is 0.337 e. The zero-order valence-electron chi connectivity index (χ0n) is 15.8. The number of urea groups is 1. The van der Waals surface area contributed by atoms with E-state index in [2.05, 4.69) is 15.5 Å². The quantitative estimate of drug-likeness (QED) is 0.656. The van der Waals surface area contributed by atoms with Gasteiger partial charge in [-0.05, 0) is 39.7 Å². The van der Waals surface area contributed by atoms with Gasteiger partial charge in [0.15, 0.2) is 0 Å². The molecule has 2 aliphatic heterocycles. The van der Waals surface area contributed by atoms with E-state index in [4.69, 9.17) is 9.47 Å². The molecule has 0 aliphatic carbocycles. The predicted molar refractivity (Wildman–Crippen MR) is 95.2 cm³/mol. The number of rotatable bonds is 7. The molecule has 0 bridgehead atoms. The highest BCUT2D eigenvalue weighted by Crippen LogP contribution is 2.22. The van der Waals surface area contributed by atoms with E-state index >= 15 is 0 Å². The number of hydrogen-bond acceptors (Lipinski definition) is 6. The van der Waals surface area contributed by atoms with Crippen molar-refractivity contribution in [2.45, 2.75) is 46.1 Å². The van der Waals surface area contributed by atoms with Crippen LogP contribution in [-0.4, -0.2) is 61.8 Å². The number of ether oxygens (including phenoxy) is 2. The summed E-state index contributed by atoms with van der Waals surface area (Å²) >= 11 is 0. The Morgan fingerprint density at radius 3 is 2.58 bits per heavy atom. The van der Waals surface area contributed by atoms with Crippen molar-refractivity contribution in [3.63, 3.8) is 0 Å². The fourth-order valence-corrected chi connectivity index (χ4v) is 3.46. The Balaban J connectivity index is 2.17. The lowest BCUT2D eigenvalue weighted by Gasteiger charge is -2.35. The predicted octanol–water partition coefficient (Wildman–Crippen LogP) is 1.17. The topological polar surface area (TPSA) is 97.0 Å². The van der Waals surface area contributed by atoms with Crippen LogP contribution in [0.4, 0.5) is 4.79 Å². The third kappa shape index (κ3) is 4.97. The summed E-state index contributed by atoms with van der Waals surface area (Å²) in [5.41, 5.74) is 1.02. The molecule has 2 heterocycles. The first-order valence-electron chi connectivity index (χ1n) is 9.36. The summed E-state index contributed by atoms with van der Waals surface area (Å²) in [4.78, 5) is 38.5. The summed E-state index contributed by atoms with van der Waals surface area (Å²) < 4.78 is 10.3. The molecule has 0 aromatic heterocycles. The summed E-state index contributed by atoms with van der Waals surface area (Å²) in [6, 6.07) is -0.692. The van der Waals surface area contributed by atoms with Gasteiger partial charge < -0.3 is 20.1 Å². The van der Waals surface area contributed by atoms with Gasteiger partial charge >= 0.3 is 18.0 Å². The second-order valence-electron chi connectivity index (χ2n) is 6.50. The van der Waals surface area contributed by atoms with E-state index in [1.54, 1.807) is 13.8 Å². The number of nitrogens with one attached hydrogen (secondary N) is 2. The molecule has 0 aromatic carbocycles. The van der Waals surface area contributed by atoms with Gasteiger partial charge in [0.25, 0.3) is 0 Å². The van der Waals surface area contributed by atoms with Gasteiger partial charge in [0.1, 0.15) is 0 Å². The number of piperidine rings is 1. The van der Waals surface area contributed by atoms with Crippen LogP contribution in [0.3, 0.4) is 0 Å². The van der Waals surface area contributed by atoms with E-state index in [-0.39, 0.29) is 30.6 Å². The average Bonchev–Trinajstić information content (AvgIpc) is 2.61. The fraction of sp³-hybridized carbons (Fsp3) is 0.722. The number of nitrogens with zero attached hydrogens (tertiary/aromatic N) is 1. The summed E-state index contributed by atoms with van der Waals surface area (Å²) in [5, 5.41) is 5.52. The Labute approximate surface area is 154 Å². The smallest absolute Gasteiger partial charge is 0.337 e. The number of amides is 2. The molecule has 1 fully saturated rings. The van der Waals surface area contributed by atoms with Gasteiger partial charge in [-0.25, -0.2) is 9.59 Å². The molecule has 8 nitrogen and oxygen atoms in total. The van der Waals surface area contributed by atoms with Gasteiger partial charge in [0.05, 0.1) is 30.7 Å². The molecule has 0 unspecified atom stereocenters. The third-order valence-corrected chi connectivity index (χ3v) is 4.65. The number of esters is 2. The second kappa shape index (κ2) is 9.56. The van der Waals surface area contributed by atoms with Crippen LogP contribution < -0.4 is 10.6 Å². The average molecular weight is 367 g/mol. The van der Waals surface area contributed by atoms with Crippen LogP contribution in [0.25, 0.3) is 0 Å². The third-order valence-electron chi connectivity index (χ3n) is 4.65. The summed E-state index contributed by atoms with van der Waals surface area (Å²) in [6.07, 6.45) is 2.26. The standard InChI is InChI=1S/C18H29N3O5/c1-4-13-15(17(23)26-6-3)14(20-18(24)19-13)11-21-9-7-8-12(10-21)16(22)25-5-2/h12-13H,4-11H2,1-3H3,(H2,19,20,24)/t12-,13-/m0/s1. The Morgan fingerprint density at radius 2 is 1.92 bits per heavy atom. The molecule has 0 aromatic rings. The van der Waals surface area contributed by atoms with E-state index in [1.807, 2.05) is 6.92 Å². The summed E-state index contributed by atoms with van der Waals surface area (Å²) in [7, 11) is 0. The molecule has 0 spiro atoms. The van der Waals surface area contributed by atoms with Gasteiger partial charge in [-0.1, -0.05) is 6.92 Å². The van der Waals surface area contributed by atoms with Crippen LogP contribution in [0.15, 0.2) is 11.3 Å². The van der Waals surface area contributed by atoms with Crippen molar-refractivity contribution in [2.75, 3.05) is 32.8 Å². The lowest BCUT2D eigenvalue weighted by atomic mass is 9.96. The minimum absolute atomic E-state index is 0.172. The summed E-state index contributed by atoms with van der Waals surface area (Å²) in [6.45, 7) is 7.85. The van der Waals surface area contributed by atoms with Gasteiger partial charge in [0, 0.05) is 18.8 Å². The van der Waals surface area contributed by atoms with Crippen LogP contribution >= 0.6 is 0 Å². The monoisotopic (exact) mass is 367 g/mol. The van der Waals surface area contributed by atoms with Gasteiger partial charge in [-0.3, -0.25) is 9.69 Å². The molecule has 2 rings (SSSR count). The molecule has 146 valence electrons. The van der Waals surface area contributed by atoms with E-state index in [9.17, 15) is 14.4 Å². The van der Waals surface area contributed by atoms with Crippen molar-refractivity contribution in [2.24, 2.45) is 5.92 Å². The van der Waals surface area contributed by atoms with Gasteiger partial charge in [-0.15, -0.1) is 0 Å². The van der Waals surface area contributed by atoms with E-state index < -0.39 is 5.97 Å². The fourth-order valence-electron chi connectivity index (χ4n) is 3.46. The first-order valence-corrected chi connectivity index (χ1v) is 9.36. The molecule has 8 heteroatoms. The van der Waals surface area contributed by atoms with E-state index in [0.717, 1.165) is 19.4 Å². The number of hydrogen-bond donors (Lipinski definition) is 2. The first kappa shape index (κ1) is 20.2. The molecule has 1 saturated heterocycles. The summed E-state index contributed by atoms with van der Waals surface area (Å²) in [5.74, 6) is -0.770. The normalized spacial score (nSPS) is 23.9. The Morgan fingerprint density at radius 1 is 1.19 bits per heavy atom. The minimum Gasteiger partial charge on any atom is -0.466 e. The first-order chi connectivity index (χ1) is 12.5. The molecular weight excluding hydrogens is 338 g/mol. The maximum atomic E-state index is 12.4. The van der Waals surface area contributed by atoms with E-state index in [0.29, 0.717) is 37.4 Å². The van der Waals surface area contributed by atoms with Crippen molar-refractivity contribution >= 4 is 18.0 Å². The molecule has 0 radical (unpaired) electrons. The van der Waals surface area contributed by atoms with Crippen LogP contribution in [-0.2, 0) is 19.1 Å². The van der Waals surface area contributed by atoms with Crippen molar-refractivity contribution in [3.8, 4) is 0 Å². The lowest BCUT2D eigenvalue weighted by Crippen LogP contribution is -2.53. The molecule has 2 aliphatic rings. The minimum atomic E-state index is -0.416. The molecule has 2 N–H and O–H groups in total. The van der Waals surface area contributed by atoms with Crippen molar-refractivity contribution in [3.05, 3.63) is 11.3 Å². The molecule has 2 amide bonds. The molecule has 0 saturated carbocycles. The number of likely N-dealkylation sites (tertiary alicyclic amines) is 1. The van der Waals surface area contributed by atoms with Crippen molar-refractivity contribution < 1.29 is 23.9 Å². The van der Waals surface area contributed by atoms with Crippen molar-refractivity contribution in [1.29, 1.82) is 0 Å². The zero-order chi connectivity index (χ0) is 19.1. The zero-order valence-corrected chi connectivity index (χ0v) is 15.8. The number of carbonyl (C=O) groups is 3. The Bertz CT molecular complexity index is 575. The van der Waals surface area contributed by atoms with Gasteiger partial charge in [-0.2, -0.15) is 0 Å². The molecule has 26 heavy (non-hydrogen) atoms. The van der Waals surface area contributed by atoms with Crippen LogP contribution in [0.1, 0.15) is 40.0 Å². The second-order valence-corrected chi connectivity index (χ2v) is 6.50. The highest BCUT2D eigenvalue weighted by Gasteiger charge is 2.34. The SMILES string of the molecule is CCOC(=O)C1=C(CN2CCC[C@H](C(=O)OCC)C2)NC(=O)N[C@H]1CC. The molecular formula is C18H29N3O5. The maximum absolute atomic E-state index is 12.4. The van der Waals surface area contributed by atoms with Crippen LogP contribution in [0.2, 0.25) is 0 Å².